The summed E-state index contributed by atoms with van der Waals surface area (Å²) < 4.78 is 11.0. The molecule has 0 aliphatic carbocycles. The van der Waals surface area contributed by atoms with Gasteiger partial charge in [-0.2, -0.15) is 0 Å². The number of hydrogen-bond acceptors (Lipinski definition) is 4. The van der Waals surface area contributed by atoms with Gasteiger partial charge in [-0.15, -0.1) is 0 Å². The number of rotatable bonds is 4. The predicted octanol–water partition coefficient (Wildman–Crippen LogP) is 3.04. The van der Waals surface area contributed by atoms with E-state index in [0.717, 1.165) is 11.5 Å². The van der Waals surface area contributed by atoms with Crippen LogP contribution in [0.2, 0.25) is 0 Å². The molecule has 1 atom stereocenters. The average molecular weight is 302 g/mol. The number of nitrogens with zero attached hydrogens (tertiary/aromatic N) is 2. The second-order valence-electron chi connectivity index (χ2n) is 6.71. The number of ether oxygens (including phenoxy) is 2. The molecule has 22 heavy (non-hydrogen) atoms. The van der Waals surface area contributed by atoms with Crippen LogP contribution in [0.4, 0.5) is 0 Å². The minimum Gasteiger partial charge on any atom is -0.454 e. The van der Waals surface area contributed by atoms with Crippen LogP contribution in [0.1, 0.15) is 43.7 Å². The Kier molecular flexibility index (Phi) is 4.22. The first-order valence-electron chi connectivity index (χ1n) is 8.76. The van der Waals surface area contributed by atoms with Crippen molar-refractivity contribution in [1.82, 2.24) is 9.80 Å². The van der Waals surface area contributed by atoms with Gasteiger partial charge >= 0.3 is 0 Å². The van der Waals surface area contributed by atoms with Crippen LogP contribution in [0, 0.1) is 0 Å². The Morgan fingerprint density at radius 3 is 2.68 bits per heavy atom. The highest BCUT2D eigenvalue weighted by Crippen LogP contribution is 2.38. The third kappa shape index (κ3) is 2.95. The topological polar surface area (TPSA) is 24.9 Å². The van der Waals surface area contributed by atoms with Crippen molar-refractivity contribution in [3.63, 3.8) is 0 Å². The molecule has 3 aliphatic heterocycles. The second kappa shape index (κ2) is 6.47. The van der Waals surface area contributed by atoms with Crippen molar-refractivity contribution in [2.24, 2.45) is 0 Å². The van der Waals surface area contributed by atoms with Crippen LogP contribution >= 0.6 is 0 Å². The lowest BCUT2D eigenvalue weighted by molar-refractivity contribution is 0.172. The molecule has 3 heterocycles. The monoisotopic (exact) mass is 302 g/mol. The van der Waals surface area contributed by atoms with Crippen LogP contribution in [0.15, 0.2) is 18.2 Å². The second-order valence-corrected chi connectivity index (χ2v) is 6.71. The molecule has 0 bridgehead atoms. The summed E-state index contributed by atoms with van der Waals surface area (Å²) in [6.45, 7) is 6.60. The summed E-state index contributed by atoms with van der Waals surface area (Å²) in [5.74, 6) is 1.81. The van der Waals surface area contributed by atoms with E-state index in [2.05, 4.69) is 28.0 Å². The number of fused-ring (bicyclic) bond motifs is 1. The molecular weight excluding hydrogens is 276 g/mol. The van der Waals surface area contributed by atoms with E-state index < -0.39 is 0 Å². The molecule has 0 saturated carbocycles. The van der Waals surface area contributed by atoms with Crippen LogP contribution in [0.25, 0.3) is 0 Å². The average Bonchev–Trinajstić information content (AvgIpc) is 3.22. The lowest BCUT2D eigenvalue weighted by Crippen LogP contribution is -2.37. The Morgan fingerprint density at radius 2 is 1.77 bits per heavy atom. The van der Waals surface area contributed by atoms with Crippen LogP contribution in [0.3, 0.4) is 0 Å². The molecule has 0 N–H and O–H groups in total. The maximum Gasteiger partial charge on any atom is 0.231 e. The lowest BCUT2D eigenvalue weighted by Gasteiger charge is -2.31. The fourth-order valence-corrected chi connectivity index (χ4v) is 4.04. The first-order chi connectivity index (χ1) is 10.9. The number of benzene rings is 1. The zero-order valence-electron chi connectivity index (χ0n) is 13.3. The highest BCUT2D eigenvalue weighted by Gasteiger charge is 2.27. The van der Waals surface area contributed by atoms with Crippen molar-refractivity contribution in [2.45, 2.75) is 38.1 Å². The Bertz CT molecular complexity index is 514. The maximum absolute atomic E-state index is 5.54. The fraction of sp³-hybridized carbons (Fsp3) is 0.667. The summed E-state index contributed by atoms with van der Waals surface area (Å²) in [7, 11) is 0. The molecule has 4 heteroatoms. The molecule has 3 aliphatic rings. The highest BCUT2D eigenvalue weighted by molar-refractivity contribution is 5.45. The molecule has 0 amide bonds. The third-order valence-electron chi connectivity index (χ3n) is 5.30. The van der Waals surface area contributed by atoms with Gasteiger partial charge in [0.2, 0.25) is 6.79 Å². The molecule has 1 unspecified atom stereocenters. The zero-order valence-corrected chi connectivity index (χ0v) is 13.3. The predicted molar refractivity (Wildman–Crippen MR) is 86.4 cm³/mol. The first-order valence-corrected chi connectivity index (χ1v) is 8.76. The molecule has 1 aromatic rings. The molecule has 2 saturated heterocycles. The molecule has 4 nitrogen and oxygen atoms in total. The van der Waals surface area contributed by atoms with Crippen molar-refractivity contribution in [1.29, 1.82) is 0 Å². The van der Waals surface area contributed by atoms with E-state index in [-0.39, 0.29) is 0 Å². The molecule has 0 radical (unpaired) electrons. The van der Waals surface area contributed by atoms with Crippen molar-refractivity contribution in [3.05, 3.63) is 23.8 Å². The molecule has 2 fully saturated rings. The SMILES string of the molecule is c1cc2c(cc1C1CCCN1CCN1CCCCC1)OCO2. The van der Waals surface area contributed by atoms with E-state index in [9.17, 15) is 0 Å². The molecule has 120 valence electrons. The largest absolute Gasteiger partial charge is 0.454 e. The Hall–Kier alpha value is -1.26. The minimum absolute atomic E-state index is 0.363. The Balaban J connectivity index is 1.40. The van der Waals surface area contributed by atoms with Gasteiger partial charge in [-0.05, 0) is 63.0 Å². The maximum atomic E-state index is 5.54. The van der Waals surface area contributed by atoms with Crippen LogP contribution < -0.4 is 9.47 Å². The van der Waals surface area contributed by atoms with Crippen LogP contribution in [0.5, 0.6) is 11.5 Å². The highest BCUT2D eigenvalue weighted by atomic mass is 16.7. The van der Waals surface area contributed by atoms with Crippen LogP contribution in [-0.4, -0.2) is 49.3 Å². The van der Waals surface area contributed by atoms with Crippen molar-refractivity contribution < 1.29 is 9.47 Å². The first kappa shape index (κ1) is 14.3. The van der Waals surface area contributed by atoms with Gasteiger partial charge in [0.1, 0.15) is 0 Å². The number of piperidine rings is 1. The molecule has 4 rings (SSSR count). The summed E-state index contributed by atoms with van der Waals surface area (Å²) >= 11 is 0. The van der Waals surface area contributed by atoms with Gasteiger partial charge in [0.25, 0.3) is 0 Å². The van der Waals surface area contributed by atoms with Crippen molar-refractivity contribution >= 4 is 0 Å². The molecule has 0 aromatic heterocycles. The van der Waals surface area contributed by atoms with Crippen molar-refractivity contribution in [2.75, 3.05) is 39.5 Å². The summed E-state index contributed by atoms with van der Waals surface area (Å²) in [5, 5.41) is 0. The summed E-state index contributed by atoms with van der Waals surface area (Å²) in [5.41, 5.74) is 1.39. The molecular formula is C18H26N2O2. The quantitative estimate of drug-likeness (QED) is 0.853. The standard InChI is InChI=1S/C18H26N2O2/c1-2-8-19(9-3-1)11-12-20-10-4-5-16(20)15-6-7-17-18(13-15)22-14-21-17/h6-7,13,16H,1-5,8-12,14H2. The number of hydrogen-bond donors (Lipinski definition) is 0. The van der Waals surface area contributed by atoms with Gasteiger partial charge in [0.05, 0.1) is 0 Å². The lowest BCUT2D eigenvalue weighted by atomic mass is 10.0. The van der Waals surface area contributed by atoms with Gasteiger partial charge < -0.3 is 14.4 Å². The van der Waals surface area contributed by atoms with E-state index >= 15 is 0 Å². The van der Waals surface area contributed by atoms with E-state index in [1.54, 1.807) is 0 Å². The fourth-order valence-electron chi connectivity index (χ4n) is 4.04. The molecule has 1 aromatic carbocycles. The Labute approximate surface area is 133 Å². The normalized spacial score (nSPS) is 25.7. The van der Waals surface area contributed by atoms with Gasteiger partial charge in [0.15, 0.2) is 11.5 Å². The van der Waals surface area contributed by atoms with Crippen molar-refractivity contribution in [3.8, 4) is 11.5 Å². The Morgan fingerprint density at radius 1 is 0.909 bits per heavy atom. The van der Waals surface area contributed by atoms with E-state index in [1.165, 1.54) is 70.4 Å². The third-order valence-corrected chi connectivity index (χ3v) is 5.30. The van der Waals surface area contributed by atoms with E-state index in [0.29, 0.717) is 12.8 Å². The summed E-state index contributed by atoms with van der Waals surface area (Å²) in [4.78, 5) is 5.30. The van der Waals surface area contributed by atoms with Gasteiger partial charge in [0, 0.05) is 19.1 Å². The zero-order chi connectivity index (χ0) is 14.8. The molecule has 0 spiro atoms. The van der Waals surface area contributed by atoms with Gasteiger partial charge in [-0.1, -0.05) is 12.5 Å². The van der Waals surface area contributed by atoms with Gasteiger partial charge in [-0.3, -0.25) is 4.90 Å². The van der Waals surface area contributed by atoms with Crippen LogP contribution in [-0.2, 0) is 0 Å². The summed E-state index contributed by atoms with van der Waals surface area (Å²) in [6.07, 6.45) is 6.75. The summed E-state index contributed by atoms with van der Waals surface area (Å²) in [6, 6.07) is 7.03. The minimum atomic E-state index is 0.363. The van der Waals surface area contributed by atoms with Gasteiger partial charge in [-0.25, -0.2) is 0 Å². The smallest absolute Gasteiger partial charge is 0.231 e. The van der Waals surface area contributed by atoms with E-state index in [1.807, 2.05) is 0 Å². The van der Waals surface area contributed by atoms with E-state index in [4.69, 9.17) is 9.47 Å². The number of likely N-dealkylation sites (tertiary alicyclic amines) is 2.